The molecule has 2 unspecified atom stereocenters. The van der Waals surface area contributed by atoms with Crippen molar-refractivity contribution in [2.24, 2.45) is 0 Å². The van der Waals surface area contributed by atoms with Crippen LogP contribution in [0.1, 0.15) is 46.5 Å². The number of hydrogen-bond donors (Lipinski definition) is 0. The summed E-state index contributed by atoms with van der Waals surface area (Å²) < 4.78 is 31.6. The van der Waals surface area contributed by atoms with Crippen LogP contribution in [0.3, 0.4) is 0 Å². The lowest BCUT2D eigenvalue weighted by molar-refractivity contribution is 0.0706. The van der Waals surface area contributed by atoms with E-state index in [9.17, 15) is 14.4 Å². The molecule has 0 radical (unpaired) electrons. The fourth-order valence-electron chi connectivity index (χ4n) is 3.88. The third-order valence-electron chi connectivity index (χ3n) is 5.75. The van der Waals surface area contributed by atoms with Crippen molar-refractivity contribution in [2.45, 2.75) is 84.3 Å². The zero-order valence-electron chi connectivity index (χ0n) is 20.0. The van der Waals surface area contributed by atoms with Gasteiger partial charge >= 0.3 is 25.9 Å². The number of ether oxygens (including phenoxy) is 2. The minimum absolute atomic E-state index is 0.0822. The summed E-state index contributed by atoms with van der Waals surface area (Å²) in [6.07, 6.45) is 2.54. The predicted octanol–water partition coefficient (Wildman–Crippen LogP) is 0.578. The van der Waals surface area contributed by atoms with Crippen molar-refractivity contribution >= 4 is 8.80 Å². The first-order valence-corrected chi connectivity index (χ1v) is 14.0. The number of nitrogens with zero attached hydrogens (tertiary/aromatic N) is 3. The molecule has 0 saturated carbocycles. The van der Waals surface area contributed by atoms with E-state index in [2.05, 4.69) is 0 Å². The van der Waals surface area contributed by atoms with E-state index in [1.54, 1.807) is 0 Å². The fourth-order valence-corrected chi connectivity index (χ4v) is 6.57. The van der Waals surface area contributed by atoms with Crippen LogP contribution >= 0.6 is 0 Å². The summed E-state index contributed by atoms with van der Waals surface area (Å²) in [5.41, 5.74) is -1.68. The van der Waals surface area contributed by atoms with Gasteiger partial charge in [0.15, 0.2) is 0 Å². The molecule has 0 aromatic carbocycles. The molecule has 2 saturated heterocycles. The van der Waals surface area contributed by atoms with E-state index in [0.29, 0.717) is 64.8 Å². The second-order valence-corrected chi connectivity index (χ2v) is 11.0. The number of aromatic nitrogens is 3. The Labute approximate surface area is 194 Å². The fraction of sp³-hybridized carbons (Fsp3) is 0.857. The van der Waals surface area contributed by atoms with Crippen LogP contribution < -0.4 is 17.1 Å². The first-order valence-electron chi connectivity index (χ1n) is 12.0. The van der Waals surface area contributed by atoms with Crippen molar-refractivity contribution in [1.82, 2.24) is 13.7 Å². The lowest BCUT2D eigenvalue weighted by atomic mass is 10.3. The zero-order chi connectivity index (χ0) is 23.8. The molecular formula is C21H37N3O8Si. The minimum atomic E-state index is -2.78. The quantitative estimate of drug-likeness (QED) is 0.178. The Morgan fingerprint density at radius 2 is 1.12 bits per heavy atom. The first kappa shape index (κ1) is 26.0. The Bertz CT molecular complexity index is 864. The summed E-state index contributed by atoms with van der Waals surface area (Å²) in [5.74, 6) is 0. The standard InChI is InChI=1S/C21H37N3O8Si/c1-4-30-33(31-5-2,32-6-3)14-8-7-11-22-19(25)23(12-9-17-15-28-17)21(27)24(20(22)26)13-10-18-16-29-18/h17-18H,4-16H2,1-3H3. The lowest BCUT2D eigenvalue weighted by Gasteiger charge is -2.28. The molecule has 188 valence electrons. The van der Waals surface area contributed by atoms with Crippen LogP contribution in [-0.2, 0) is 42.4 Å². The molecule has 2 aliphatic heterocycles. The SMILES string of the molecule is CCO[Si](CCCCn1c(=O)n(CCC2CO2)c(=O)n(CCC2CO2)c1=O)(OCC)OCC. The lowest BCUT2D eigenvalue weighted by Crippen LogP contribution is -2.54. The highest BCUT2D eigenvalue weighted by molar-refractivity contribution is 6.60. The topological polar surface area (TPSA) is 119 Å². The largest absolute Gasteiger partial charge is 0.500 e. The predicted molar refractivity (Wildman–Crippen MR) is 123 cm³/mol. The second kappa shape index (κ2) is 12.2. The minimum Gasteiger partial charge on any atom is -0.374 e. The van der Waals surface area contributed by atoms with Crippen LogP contribution in [-0.4, -0.2) is 67.7 Å². The highest BCUT2D eigenvalue weighted by Crippen LogP contribution is 2.19. The molecule has 3 rings (SSSR count). The van der Waals surface area contributed by atoms with Gasteiger partial charge in [-0.15, -0.1) is 0 Å². The molecule has 0 bridgehead atoms. The highest BCUT2D eigenvalue weighted by Gasteiger charge is 2.39. The summed E-state index contributed by atoms with van der Waals surface area (Å²) in [5, 5.41) is 0. The number of unbranched alkanes of at least 4 members (excludes halogenated alkanes) is 1. The van der Waals surface area contributed by atoms with Crippen molar-refractivity contribution in [3.63, 3.8) is 0 Å². The maximum absolute atomic E-state index is 13.0. The van der Waals surface area contributed by atoms with E-state index in [4.69, 9.17) is 22.8 Å². The molecule has 0 aliphatic carbocycles. The molecule has 33 heavy (non-hydrogen) atoms. The van der Waals surface area contributed by atoms with E-state index >= 15 is 0 Å². The number of epoxide rings is 2. The van der Waals surface area contributed by atoms with Gasteiger partial charge < -0.3 is 22.8 Å². The molecule has 2 fully saturated rings. The van der Waals surface area contributed by atoms with Crippen LogP contribution in [0.2, 0.25) is 6.04 Å². The van der Waals surface area contributed by atoms with E-state index in [1.165, 1.54) is 4.57 Å². The van der Waals surface area contributed by atoms with Crippen molar-refractivity contribution in [2.75, 3.05) is 33.0 Å². The Morgan fingerprint density at radius 3 is 1.48 bits per heavy atom. The summed E-state index contributed by atoms with van der Waals surface area (Å²) in [6, 6.07) is 0.600. The van der Waals surface area contributed by atoms with Gasteiger partial charge in [-0.05, 0) is 46.5 Å². The maximum Gasteiger partial charge on any atom is 0.500 e. The Morgan fingerprint density at radius 1 is 0.727 bits per heavy atom. The molecule has 0 N–H and O–H groups in total. The van der Waals surface area contributed by atoms with Crippen LogP contribution in [0.4, 0.5) is 0 Å². The third-order valence-corrected chi connectivity index (χ3v) is 8.90. The molecular weight excluding hydrogens is 450 g/mol. The van der Waals surface area contributed by atoms with Crippen LogP contribution in [0, 0.1) is 0 Å². The molecule has 0 spiro atoms. The molecule has 2 aliphatic rings. The van der Waals surface area contributed by atoms with Crippen LogP contribution in [0.15, 0.2) is 14.4 Å². The van der Waals surface area contributed by atoms with Gasteiger partial charge in [0.1, 0.15) is 0 Å². The summed E-state index contributed by atoms with van der Waals surface area (Å²) in [4.78, 5) is 38.9. The van der Waals surface area contributed by atoms with Crippen LogP contribution in [0.5, 0.6) is 0 Å². The molecule has 0 amide bonds. The Kier molecular flexibility index (Phi) is 9.65. The van der Waals surface area contributed by atoms with E-state index in [1.807, 2.05) is 20.8 Å². The number of rotatable bonds is 17. The monoisotopic (exact) mass is 487 g/mol. The van der Waals surface area contributed by atoms with Gasteiger partial charge in [-0.25, -0.2) is 28.1 Å². The first-order chi connectivity index (χ1) is 15.9. The smallest absolute Gasteiger partial charge is 0.374 e. The van der Waals surface area contributed by atoms with Crippen molar-refractivity contribution in [3.05, 3.63) is 31.5 Å². The molecule has 11 nitrogen and oxygen atoms in total. The van der Waals surface area contributed by atoms with Crippen molar-refractivity contribution < 1.29 is 22.8 Å². The number of hydrogen-bond acceptors (Lipinski definition) is 8. The van der Waals surface area contributed by atoms with Gasteiger partial charge in [-0.2, -0.15) is 0 Å². The average Bonchev–Trinajstić information content (AvgIpc) is 3.69. The van der Waals surface area contributed by atoms with Gasteiger partial charge in [0.05, 0.1) is 25.4 Å². The maximum atomic E-state index is 13.0. The van der Waals surface area contributed by atoms with Gasteiger partial charge in [-0.3, -0.25) is 0 Å². The normalized spacial score (nSPS) is 19.7. The van der Waals surface area contributed by atoms with E-state index in [0.717, 1.165) is 9.13 Å². The van der Waals surface area contributed by atoms with Gasteiger partial charge in [0, 0.05) is 45.5 Å². The van der Waals surface area contributed by atoms with Crippen LogP contribution in [0.25, 0.3) is 0 Å². The molecule has 12 heteroatoms. The van der Waals surface area contributed by atoms with E-state index in [-0.39, 0.29) is 31.8 Å². The third kappa shape index (κ3) is 7.20. The molecule has 1 aromatic heterocycles. The zero-order valence-corrected chi connectivity index (χ0v) is 21.0. The average molecular weight is 488 g/mol. The summed E-state index contributed by atoms with van der Waals surface area (Å²) in [6.45, 7) is 9.19. The Hall–Kier alpha value is -1.57. The highest BCUT2D eigenvalue weighted by atomic mass is 28.4. The van der Waals surface area contributed by atoms with Crippen molar-refractivity contribution in [1.29, 1.82) is 0 Å². The van der Waals surface area contributed by atoms with E-state index < -0.39 is 25.9 Å². The molecule has 3 heterocycles. The van der Waals surface area contributed by atoms with Gasteiger partial charge in [-0.1, -0.05) is 0 Å². The van der Waals surface area contributed by atoms with Crippen molar-refractivity contribution in [3.8, 4) is 0 Å². The summed E-state index contributed by atoms with van der Waals surface area (Å²) >= 11 is 0. The van der Waals surface area contributed by atoms with Gasteiger partial charge in [0.2, 0.25) is 0 Å². The molecule has 2 atom stereocenters. The summed E-state index contributed by atoms with van der Waals surface area (Å²) in [7, 11) is -2.78. The second-order valence-electron chi connectivity index (χ2n) is 8.23. The molecule has 1 aromatic rings. The van der Waals surface area contributed by atoms with Gasteiger partial charge in [0.25, 0.3) is 0 Å². The Balaban J connectivity index is 1.73.